The van der Waals surface area contributed by atoms with Crippen LogP contribution in [-0.2, 0) is 0 Å². The topological polar surface area (TPSA) is 216 Å². The molecule has 20 heteroatoms. The van der Waals surface area contributed by atoms with E-state index in [0.717, 1.165) is 24.5 Å². The number of hydrogen-bond acceptors (Lipinski definition) is 10. The molecule has 0 fully saturated rings. The van der Waals surface area contributed by atoms with Crippen molar-refractivity contribution >= 4 is 121 Å². The zero-order chi connectivity index (χ0) is 45.2. The zero-order valence-corrected chi connectivity index (χ0v) is 37.3. The molecule has 1 aliphatic heterocycles. The Morgan fingerprint density at radius 2 is 1.20 bits per heavy atom. The van der Waals surface area contributed by atoms with Gasteiger partial charge in [-0.2, -0.15) is 0 Å². The number of oxime groups is 1. The minimum Gasteiger partial charge on any atom is -0.409 e. The van der Waals surface area contributed by atoms with Crippen LogP contribution in [-0.4, -0.2) is 75.5 Å². The minimum atomic E-state index is -0.540. The molecular weight excluding hydrogens is 982 g/mol. The molecule has 1 aliphatic rings. The fraction of sp³-hybridized carbons (Fsp3) is 0.111. The summed E-state index contributed by atoms with van der Waals surface area (Å²) in [5.41, 5.74) is 8.43. The fourth-order valence-electron chi connectivity index (χ4n) is 5.81. The molecule has 4 amide bonds. The van der Waals surface area contributed by atoms with E-state index < -0.39 is 23.6 Å². The molecular formula is C45H41BrCl4N10O5. The second kappa shape index (κ2) is 23.4. The van der Waals surface area contributed by atoms with Gasteiger partial charge < -0.3 is 37.1 Å². The Kier molecular flexibility index (Phi) is 18.4. The van der Waals surface area contributed by atoms with Crippen LogP contribution < -0.4 is 27.0 Å². The van der Waals surface area contributed by atoms with E-state index in [4.69, 9.17) is 57.3 Å². The average molecular weight is 1020 g/mol. The number of rotatable bonds is 10. The van der Waals surface area contributed by atoms with Crippen molar-refractivity contribution in [3.8, 4) is 0 Å². The van der Waals surface area contributed by atoms with Crippen LogP contribution in [0.3, 0.4) is 0 Å². The predicted octanol–water partition coefficient (Wildman–Crippen LogP) is 10.6. The highest BCUT2D eigenvalue weighted by Gasteiger charge is 2.21. The molecule has 7 N–H and O–H groups in total. The Hall–Kier alpha value is -6.56. The standard InChI is InChI=1S/C23H18Cl3N5O2.C20H15BrClN5O3.2CH4/c1-31-9-8-27-21(31)13-2-4-14(5-3-13)22(32)30-20-17(10-16(25)11-18(20)26)23(33)29-19-7-6-15(24)12-28-19;21-13-5-7-16(15(9-13)20(29)26-17-8-6-14(22)10-24-17)25-19(28)12-3-1-11(2-4-12)18(23)27-30;;/h2-7,10-12H,8-9H2,1H3,(H,30,32)(H,28,29,33);1-10,30H,(H2,23,27)(H,25,28)(H,24,26,29);2*1H4. The predicted molar refractivity (Wildman–Crippen MR) is 264 cm³/mol. The third-order valence-corrected chi connectivity index (χ3v) is 10.4. The number of amidine groups is 2. The van der Waals surface area contributed by atoms with Crippen molar-refractivity contribution in [3.63, 3.8) is 0 Å². The van der Waals surface area contributed by atoms with Crippen molar-refractivity contribution in [2.45, 2.75) is 14.9 Å². The molecule has 4 aromatic carbocycles. The maximum Gasteiger partial charge on any atom is 0.259 e. The highest BCUT2D eigenvalue weighted by molar-refractivity contribution is 9.10. The number of hydrogen-bond donors (Lipinski definition) is 6. The lowest BCUT2D eigenvalue weighted by Gasteiger charge is -2.15. The quantitative estimate of drug-likeness (QED) is 0.0333. The minimum absolute atomic E-state index is 0. The number of nitrogens with one attached hydrogen (secondary N) is 4. The van der Waals surface area contributed by atoms with Gasteiger partial charge in [-0.15, -0.1) is 0 Å². The van der Waals surface area contributed by atoms with Crippen LogP contribution in [0.5, 0.6) is 0 Å². The first-order valence-electron chi connectivity index (χ1n) is 18.4. The number of likely N-dealkylation sites (N-methyl/N-ethyl adjacent to an activating group) is 1. The zero-order valence-electron chi connectivity index (χ0n) is 32.7. The number of halogens is 5. The molecule has 3 heterocycles. The van der Waals surface area contributed by atoms with Gasteiger partial charge in [0.1, 0.15) is 17.5 Å². The maximum atomic E-state index is 12.9. The molecule has 65 heavy (non-hydrogen) atoms. The highest BCUT2D eigenvalue weighted by Crippen LogP contribution is 2.32. The number of carbonyl (C=O) groups is 4. The third kappa shape index (κ3) is 13.5. The molecule has 0 atom stereocenters. The van der Waals surface area contributed by atoms with E-state index >= 15 is 0 Å². The largest absolute Gasteiger partial charge is 0.409 e. The normalized spacial score (nSPS) is 11.7. The summed E-state index contributed by atoms with van der Waals surface area (Å²) in [7, 11) is 1.97. The molecule has 2 aromatic heterocycles. The Bertz CT molecular complexity index is 2740. The molecule has 0 saturated heterocycles. The van der Waals surface area contributed by atoms with Crippen molar-refractivity contribution in [1.29, 1.82) is 0 Å². The third-order valence-electron chi connectivity index (χ3n) is 8.97. The lowest BCUT2D eigenvalue weighted by Crippen LogP contribution is -2.23. The summed E-state index contributed by atoms with van der Waals surface area (Å²) in [6.07, 6.45) is 2.82. The molecule has 0 aliphatic carbocycles. The Labute approximate surface area is 403 Å². The summed E-state index contributed by atoms with van der Waals surface area (Å²) < 4.78 is 0.665. The number of pyridine rings is 2. The fourth-order valence-corrected chi connectivity index (χ4v) is 6.93. The second-order valence-corrected chi connectivity index (χ2v) is 15.9. The van der Waals surface area contributed by atoms with Crippen LogP contribution in [0.4, 0.5) is 23.0 Å². The molecule has 15 nitrogen and oxygen atoms in total. The van der Waals surface area contributed by atoms with Crippen LogP contribution in [0.15, 0.2) is 130 Å². The molecule has 0 spiro atoms. The Morgan fingerprint density at radius 1 is 0.662 bits per heavy atom. The van der Waals surface area contributed by atoms with Crippen molar-refractivity contribution in [1.82, 2.24) is 14.9 Å². The van der Waals surface area contributed by atoms with Gasteiger partial charge in [-0.25, -0.2) is 9.97 Å². The van der Waals surface area contributed by atoms with E-state index in [1.54, 1.807) is 66.7 Å². The van der Waals surface area contributed by atoms with E-state index in [9.17, 15) is 19.2 Å². The number of nitrogens with zero attached hydrogens (tertiary/aromatic N) is 5. The number of aromatic nitrogens is 2. The van der Waals surface area contributed by atoms with Gasteiger partial charge in [-0.05, 0) is 78.9 Å². The molecule has 0 unspecified atom stereocenters. The monoisotopic (exact) mass is 1020 g/mol. The van der Waals surface area contributed by atoms with Crippen LogP contribution in [0.1, 0.15) is 67.4 Å². The first-order chi connectivity index (χ1) is 30.2. The second-order valence-electron chi connectivity index (χ2n) is 13.3. The summed E-state index contributed by atoms with van der Waals surface area (Å²) in [6.45, 7) is 1.61. The Morgan fingerprint density at radius 3 is 1.72 bits per heavy atom. The van der Waals surface area contributed by atoms with Crippen LogP contribution in [0.2, 0.25) is 20.1 Å². The van der Waals surface area contributed by atoms with Crippen molar-refractivity contribution < 1.29 is 24.4 Å². The number of aliphatic imine (C=N–C) groups is 1. The first kappa shape index (κ1) is 51.1. The van der Waals surface area contributed by atoms with Crippen LogP contribution in [0.25, 0.3) is 0 Å². The molecule has 6 aromatic rings. The van der Waals surface area contributed by atoms with Crippen LogP contribution in [0, 0.1) is 0 Å². The number of anilines is 4. The van der Waals surface area contributed by atoms with E-state index in [2.05, 4.69) is 62.2 Å². The van der Waals surface area contributed by atoms with Gasteiger partial charge in [0, 0.05) is 57.7 Å². The van der Waals surface area contributed by atoms with Crippen molar-refractivity contribution in [2.24, 2.45) is 15.9 Å². The van der Waals surface area contributed by atoms with E-state index in [1.165, 1.54) is 36.7 Å². The number of nitrogens with two attached hydrogens (primary N) is 1. The number of benzene rings is 4. The summed E-state index contributed by atoms with van der Waals surface area (Å²) in [5, 5.41) is 23.6. The van der Waals surface area contributed by atoms with Crippen molar-refractivity contribution in [3.05, 3.63) is 173 Å². The summed E-state index contributed by atoms with van der Waals surface area (Å²) >= 11 is 27.4. The molecule has 0 saturated carbocycles. The van der Waals surface area contributed by atoms with Gasteiger partial charge in [-0.1, -0.05) is 107 Å². The van der Waals surface area contributed by atoms with E-state index in [1.807, 2.05) is 19.2 Å². The van der Waals surface area contributed by atoms with Gasteiger partial charge in [0.05, 0.1) is 44.1 Å². The summed E-state index contributed by atoms with van der Waals surface area (Å²) in [4.78, 5) is 65.8. The Balaban J connectivity index is 0.000000277. The smallest absolute Gasteiger partial charge is 0.259 e. The molecule has 7 rings (SSSR count). The van der Waals surface area contributed by atoms with Gasteiger partial charge in [0.15, 0.2) is 5.84 Å². The summed E-state index contributed by atoms with van der Waals surface area (Å²) in [6, 6.07) is 27.3. The maximum absolute atomic E-state index is 12.9. The lowest BCUT2D eigenvalue weighted by atomic mass is 10.1. The van der Waals surface area contributed by atoms with Gasteiger partial charge in [-0.3, -0.25) is 24.2 Å². The van der Waals surface area contributed by atoms with E-state index in [-0.39, 0.29) is 53.4 Å². The highest BCUT2D eigenvalue weighted by atomic mass is 79.9. The lowest BCUT2D eigenvalue weighted by molar-refractivity contribution is 0.101. The van der Waals surface area contributed by atoms with Gasteiger partial charge in [0.2, 0.25) is 0 Å². The average Bonchev–Trinajstić information content (AvgIpc) is 3.72. The van der Waals surface area contributed by atoms with E-state index in [0.29, 0.717) is 42.7 Å². The molecule has 0 bridgehead atoms. The molecule has 0 radical (unpaired) electrons. The number of carbonyl (C=O) groups excluding carboxylic acids is 4. The number of amides is 4. The summed E-state index contributed by atoms with van der Waals surface area (Å²) in [5.74, 6) is -0.422. The SMILES string of the molecule is C.C.CN1CCN=C1c1ccc(C(=O)Nc2c(Cl)cc(Cl)cc2C(=O)Nc2ccc(Cl)cn2)cc1.NC(=NO)c1ccc(C(=O)Nc2ccc(Br)cc2C(=O)Nc2ccc(Cl)cn2)cc1. The van der Waals surface area contributed by atoms with Crippen LogP contribution >= 0.6 is 62.3 Å². The first-order valence-corrected chi connectivity index (χ1v) is 20.7. The molecule has 336 valence electrons. The van der Waals surface area contributed by atoms with Gasteiger partial charge >= 0.3 is 0 Å². The van der Waals surface area contributed by atoms with Gasteiger partial charge in [0.25, 0.3) is 23.6 Å². The van der Waals surface area contributed by atoms with Crippen molar-refractivity contribution in [2.75, 3.05) is 41.4 Å².